The molecule has 0 radical (unpaired) electrons. The highest BCUT2D eigenvalue weighted by Gasteiger charge is 2.14. The summed E-state index contributed by atoms with van der Waals surface area (Å²) in [6.07, 6.45) is 3.92. The second-order valence-electron chi connectivity index (χ2n) is 6.67. The fraction of sp³-hybridized carbons (Fsp3) is 0.300. The summed E-state index contributed by atoms with van der Waals surface area (Å²) in [5.74, 6) is 1.34. The Labute approximate surface area is 161 Å². The minimum atomic E-state index is -0.306. The normalized spacial score (nSPS) is 13.7. The van der Waals surface area contributed by atoms with E-state index in [-0.39, 0.29) is 11.4 Å². The van der Waals surface area contributed by atoms with Crippen molar-refractivity contribution in [2.45, 2.75) is 19.4 Å². The van der Waals surface area contributed by atoms with Crippen molar-refractivity contribution in [2.75, 3.05) is 29.9 Å². The van der Waals surface area contributed by atoms with Crippen LogP contribution in [0.5, 0.6) is 0 Å². The summed E-state index contributed by atoms with van der Waals surface area (Å²) < 4.78 is 14.5. The Balaban J connectivity index is 1.42. The molecular formula is C20H21FN6O. The van der Waals surface area contributed by atoms with Crippen LogP contribution in [0.4, 0.5) is 16.0 Å². The summed E-state index contributed by atoms with van der Waals surface area (Å²) in [7, 11) is 0. The van der Waals surface area contributed by atoms with Gasteiger partial charge in [-0.2, -0.15) is 5.10 Å². The molecule has 0 unspecified atom stereocenters. The molecule has 1 fully saturated rings. The lowest BCUT2D eigenvalue weighted by Crippen LogP contribution is -2.26. The van der Waals surface area contributed by atoms with Crippen molar-refractivity contribution in [1.82, 2.24) is 19.7 Å². The summed E-state index contributed by atoms with van der Waals surface area (Å²) in [5, 5.41) is 7.61. The number of aromatic nitrogens is 4. The second kappa shape index (κ2) is 8.16. The van der Waals surface area contributed by atoms with Gasteiger partial charge in [-0.05, 0) is 43.2 Å². The summed E-state index contributed by atoms with van der Waals surface area (Å²) in [6.45, 7) is 2.92. The zero-order valence-electron chi connectivity index (χ0n) is 15.4. The van der Waals surface area contributed by atoms with E-state index in [1.165, 1.54) is 35.7 Å². The first-order valence-electron chi connectivity index (χ1n) is 9.34. The molecule has 0 bridgehead atoms. The van der Waals surface area contributed by atoms with E-state index in [1.54, 1.807) is 24.5 Å². The predicted octanol–water partition coefficient (Wildman–Crippen LogP) is 2.55. The maximum atomic E-state index is 13.1. The van der Waals surface area contributed by atoms with E-state index >= 15 is 0 Å². The molecule has 0 amide bonds. The number of anilines is 2. The highest BCUT2D eigenvalue weighted by Crippen LogP contribution is 2.19. The van der Waals surface area contributed by atoms with E-state index in [4.69, 9.17) is 0 Å². The SMILES string of the molecule is O=c1ccc(-c2ccc(F)cc2)nn1CCNc1cc(N2CCCC2)ncn1. The summed E-state index contributed by atoms with van der Waals surface area (Å²) in [5.41, 5.74) is 1.19. The third-order valence-electron chi connectivity index (χ3n) is 4.72. The Morgan fingerprint density at radius 1 is 1.04 bits per heavy atom. The zero-order valence-corrected chi connectivity index (χ0v) is 15.4. The Morgan fingerprint density at radius 3 is 2.61 bits per heavy atom. The number of benzene rings is 1. The van der Waals surface area contributed by atoms with Crippen LogP contribution in [-0.2, 0) is 6.54 Å². The summed E-state index contributed by atoms with van der Waals surface area (Å²) >= 11 is 0. The van der Waals surface area contributed by atoms with Crippen molar-refractivity contribution >= 4 is 11.6 Å². The van der Waals surface area contributed by atoms with E-state index < -0.39 is 0 Å². The summed E-state index contributed by atoms with van der Waals surface area (Å²) in [6, 6.07) is 11.1. The van der Waals surface area contributed by atoms with Crippen molar-refractivity contribution in [3.8, 4) is 11.3 Å². The first kappa shape index (κ1) is 18.1. The molecule has 28 heavy (non-hydrogen) atoms. The van der Waals surface area contributed by atoms with E-state index in [2.05, 4.69) is 25.3 Å². The smallest absolute Gasteiger partial charge is 0.266 e. The van der Waals surface area contributed by atoms with Crippen molar-refractivity contribution in [1.29, 1.82) is 0 Å². The zero-order chi connectivity index (χ0) is 19.3. The quantitative estimate of drug-likeness (QED) is 0.708. The first-order valence-corrected chi connectivity index (χ1v) is 9.34. The Morgan fingerprint density at radius 2 is 1.82 bits per heavy atom. The second-order valence-corrected chi connectivity index (χ2v) is 6.67. The average molecular weight is 380 g/mol. The molecule has 3 aromatic rings. The van der Waals surface area contributed by atoms with E-state index in [0.29, 0.717) is 18.8 Å². The minimum Gasteiger partial charge on any atom is -0.368 e. The molecule has 2 aromatic heterocycles. The van der Waals surface area contributed by atoms with Gasteiger partial charge in [-0.15, -0.1) is 0 Å². The molecule has 0 spiro atoms. The van der Waals surface area contributed by atoms with Crippen LogP contribution in [0.2, 0.25) is 0 Å². The molecule has 1 aliphatic rings. The van der Waals surface area contributed by atoms with Gasteiger partial charge in [0.2, 0.25) is 0 Å². The topological polar surface area (TPSA) is 75.9 Å². The van der Waals surface area contributed by atoms with Crippen LogP contribution in [0, 0.1) is 5.82 Å². The summed E-state index contributed by atoms with van der Waals surface area (Å²) in [4.78, 5) is 22.9. The minimum absolute atomic E-state index is 0.187. The third kappa shape index (κ3) is 4.16. The van der Waals surface area contributed by atoms with Crippen molar-refractivity contribution in [2.24, 2.45) is 0 Å². The van der Waals surface area contributed by atoms with Crippen molar-refractivity contribution in [3.63, 3.8) is 0 Å². The van der Waals surface area contributed by atoms with Gasteiger partial charge in [0.15, 0.2) is 0 Å². The Hall–Kier alpha value is -3.29. The molecule has 0 saturated carbocycles. The average Bonchev–Trinajstić information content (AvgIpc) is 3.25. The number of nitrogens with one attached hydrogen (secondary N) is 1. The Kier molecular flexibility index (Phi) is 5.27. The van der Waals surface area contributed by atoms with Crippen LogP contribution in [0.3, 0.4) is 0 Å². The van der Waals surface area contributed by atoms with Crippen LogP contribution in [0.1, 0.15) is 12.8 Å². The van der Waals surface area contributed by atoms with Crippen LogP contribution < -0.4 is 15.8 Å². The molecular weight excluding hydrogens is 359 g/mol. The molecule has 8 heteroatoms. The van der Waals surface area contributed by atoms with Crippen molar-refractivity contribution < 1.29 is 4.39 Å². The van der Waals surface area contributed by atoms with Gasteiger partial charge in [-0.25, -0.2) is 19.0 Å². The van der Waals surface area contributed by atoms with Gasteiger partial charge in [0.25, 0.3) is 5.56 Å². The molecule has 1 aromatic carbocycles. The first-order chi connectivity index (χ1) is 13.7. The monoisotopic (exact) mass is 380 g/mol. The van der Waals surface area contributed by atoms with Crippen LogP contribution in [0.25, 0.3) is 11.3 Å². The fourth-order valence-corrected chi connectivity index (χ4v) is 3.24. The van der Waals surface area contributed by atoms with Crippen LogP contribution in [-0.4, -0.2) is 39.4 Å². The lowest BCUT2D eigenvalue weighted by atomic mass is 10.1. The van der Waals surface area contributed by atoms with Crippen LogP contribution in [0.15, 0.2) is 53.6 Å². The lowest BCUT2D eigenvalue weighted by molar-refractivity contribution is 0.600. The van der Waals surface area contributed by atoms with Gasteiger partial charge in [0.05, 0.1) is 12.2 Å². The number of nitrogens with zero attached hydrogens (tertiary/aromatic N) is 5. The highest BCUT2D eigenvalue weighted by atomic mass is 19.1. The largest absolute Gasteiger partial charge is 0.368 e. The standard InChI is InChI=1S/C20H21FN6O/c21-16-5-3-15(4-6-16)17-7-8-20(28)27(25-17)12-9-22-18-13-19(24-14-23-18)26-10-1-2-11-26/h3-8,13-14H,1-2,9-12H2,(H,22,23,24). The van der Waals surface area contributed by atoms with Gasteiger partial charge in [0.1, 0.15) is 23.8 Å². The molecule has 4 rings (SSSR count). The molecule has 1 saturated heterocycles. The number of hydrogen-bond acceptors (Lipinski definition) is 6. The molecule has 0 aliphatic carbocycles. The number of rotatable bonds is 6. The van der Waals surface area contributed by atoms with Crippen LogP contribution >= 0.6 is 0 Å². The maximum Gasteiger partial charge on any atom is 0.266 e. The maximum absolute atomic E-state index is 13.1. The van der Waals surface area contributed by atoms with E-state index in [1.807, 2.05) is 6.07 Å². The third-order valence-corrected chi connectivity index (χ3v) is 4.72. The number of hydrogen-bond donors (Lipinski definition) is 1. The van der Waals surface area contributed by atoms with Gasteiger partial charge in [-0.1, -0.05) is 0 Å². The van der Waals surface area contributed by atoms with E-state index in [0.717, 1.165) is 30.3 Å². The number of halogens is 1. The van der Waals surface area contributed by atoms with Gasteiger partial charge < -0.3 is 10.2 Å². The van der Waals surface area contributed by atoms with E-state index in [9.17, 15) is 9.18 Å². The van der Waals surface area contributed by atoms with Crippen molar-refractivity contribution in [3.05, 3.63) is 65.0 Å². The predicted molar refractivity (Wildman–Crippen MR) is 106 cm³/mol. The molecule has 7 nitrogen and oxygen atoms in total. The molecule has 3 heterocycles. The van der Waals surface area contributed by atoms with Gasteiger partial charge in [-0.3, -0.25) is 4.79 Å². The van der Waals surface area contributed by atoms with Gasteiger partial charge >= 0.3 is 0 Å². The fourth-order valence-electron chi connectivity index (χ4n) is 3.24. The van der Waals surface area contributed by atoms with Gasteiger partial charge in [0, 0.05) is 37.3 Å². The molecule has 1 aliphatic heterocycles. The molecule has 144 valence electrons. The molecule has 1 N–H and O–H groups in total. The lowest BCUT2D eigenvalue weighted by Gasteiger charge is -2.16. The molecule has 0 atom stereocenters. The highest BCUT2D eigenvalue weighted by molar-refractivity contribution is 5.57. The Bertz CT molecular complexity index is 998.